The Balaban J connectivity index is 2.84. The van der Waals surface area contributed by atoms with Crippen LogP contribution in [-0.2, 0) is 0 Å². The standard InChI is InChI=1S/C10H17N3/c1-8-4-5-10(12-9(8)2)13(3)7-6-11/h4-5H,6-7,11H2,1-3H3. The summed E-state index contributed by atoms with van der Waals surface area (Å²) in [6.45, 7) is 5.59. The minimum atomic E-state index is 0.658. The molecule has 1 heterocycles. The molecular formula is C10H17N3. The van der Waals surface area contributed by atoms with Crippen molar-refractivity contribution in [2.24, 2.45) is 5.73 Å². The smallest absolute Gasteiger partial charge is 0.128 e. The van der Waals surface area contributed by atoms with Crippen LogP contribution in [0, 0.1) is 13.8 Å². The summed E-state index contributed by atoms with van der Waals surface area (Å²) in [5.41, 5.74) is 7.78. The molecule has 13 heavy (non-hydrogen) atoms. The maximum atomic E-state index is 5.47. The second-order valence-electron chi connectivity index (χ2n) is 3.28. The lowest BCUT2D eigenvalue weighted by molar-refractivity contribution is 0.863. The van der Waals surface area contributed by atoms with Gasteiger partial charge in [0, 0.05) is 25.8 Å². The molecule has 0 amide bonds. The zero-order valence-electron chi connectivity index (χ0n) is 8.54. The van der Waals surface area contributed by atoms with Gasteiger partial charge in [0.05, 0.1) is 0 Å². The van der Waals surface area contributed by atoms with Crippen molar-refractivity contribution in [3.05, 3.63) is 23.4 Å². The fourth-order valence-corrected chi connectivity index (χ4v) is 1.14. The van der Waals surface area contributed by atoms with Crippen LogP contribution < -0.4 is 10.6 Å². The Hall–Kier alpha value is -1.09. The van der Waals surface area contributed by atoms with E-state index in [1.54, 1.807) is 0 Å². The number of nitrogens with zero attached hydrogens (tertiary/aromatic N) is 2. The van der Waals surface area contributed by atoms with Gasteiger partial charge < -0.3 is 10.6 Å². The third-order valence-corrected chi connectivity index (χ3v) is 2.19. The summed E-state index contributed by atoms with van der Waals surface area (Å²) in [4.78, 5) is 6.52. The van der Waals surface area contributed by atoms with E-state index in [1.807, 2.05) is 20.0 Å². The van der Waals surface area contributed by atoms with Crippen molar-refractivity contribution in [2.75, 3.05) is 25.0 Å². The van der Waals surface area contributed by atoms with E-state index in [4.69, 9.17) is 5.73 Å². The van der Waals surface area contributed by atoms with E-state index in [0.717, 1.165) is 18.1 Å². The molecule has 2 N–H and O–H groups in total. The number of hydrogen-bond acceptors (Lipinski definition) is 3. The van der Waals surface area contributed by atoms with Gasteiger partial charge in [-0.25, -0.2) is 4.98 Å². The molecule has 0 bridgehead atoms. The summed E-state index contributed by atoms with van der Waals surface area (Å²) in [5.74, 6) is 0.994. The van der Waals surface area contributed by atoms with Gasteiger partial charge in [-0.15, -0.1) is 0 Å². The lowest BCUT2D eigenvalue weighted by atomic mass is 10.2. The molecule has 1 aromatic rings. The van der Waals surface area contributed by atoms with Crippen LogP contribution in [-0.4, -0.2) is 25.1 Å². The van der Waals surface area contributed by atoms with Crippen molar-refractivity contribution in [1.29, 1.82) is 0 Å². The lowest BCUT2D eigenvalue weighted by Gasteiger charge is -2.17. The highest BCUT2D eigenvalue weighted by Crippen LogP contribution is 2.11. The summed E-state index contributed by atoms with van der Waals surface area (Å²) in [7, 11) is 2.00. The van der Waals surface area contributed by atoms with E-state index in [2.05, 4.69) is 22.9 Å². The maximum Gasteiger partial charge on any atom is 0.128 e. The van der Waals surface area contributed by atoms with Crippen LogP contribution >= 0.6 is 0 Å². The second kappa shape index (κ2) is 4.23. The van der Waals surface area contributed by atoms with Gasteiger partial charge in [0.25, 0.3) is 0 Å². The second-order valence-corrected chi connectivity index (χ2v) is 3.28. The summed E-state index contributed by atoms with van der Waals surface area (Å²) in [6.07, 6.45) is 0. The van der Waals surface area contributed by atoms with E-state index in [-0.39, 0.29) is 0 Å². The largest absolute Gasteiger partial charge is 0.358 e. The predicted molar refractivity (Wildman–Crippen MR) is 56.0 cm³/mol. The number of aryl methyl sites for hydroxylation is 2. The molecule has 0 aliphatic heterocycles. The first-order valence-electron chi connectivity index (χ1n) is 4.50. The molecular weight excluding hydrogens is 162 g/mol. The Kier molecular flexibility index (Phi) is 3.25. The van der Waals surface area contributed by atoms with Gasteiger partial charge in [0.1, 0.15) is 5.82 Å². The Morgan fingerprint density at radius 2 is 2.08 bits per heavy atom. The molecule has 0 atom stereocenters. The maximum absolute atomic E-state index is 5.47. The molecule has 0 aromatic carbocycles. The fourth-order valence-electron chi connectivity index (χ4n) is 1.14. The van der Waals surface area contributed by atoms with E-state index >= 15 is 0 Å². The van der Waals surface area contributed by atoms with Gasteiger partial charge in [-0.1, -0.05) is 6.07 Å². The highest BCUT2D eigenvalue weighted by molar-refractivity contribution is 5.40. The number of anilines is 1. The van der Waals surface area contributed by atoms with E-state index in [0.29, 0.717) is 6.54 Å². The SMILES string of the molecule is Cc1ccc(N(C)CCN)nc1C. The van der Waals surface area contributed by atoms with Gasteiger partial charge >= 0.3 is 0 Å². The molecule has 0 saturated carbocycles. The van der Waals surface area contributed by atoms with Crippen molar-refractivity contribution in [3.63, 3.8) is 0 Å². The minimum absolute atomic E-state index is 0.658. The number of likely N-dealkylation sites (N-methyl/N-ethyl adjacent to an activating group) is 1. The van der Waals surface area contributed by atoms with Gasteiger partial charge in [0.2, 0.25) is 0 Å². The van der Waals surface area contributed by atoms with Crippen LogP contribution in [0.15, 0.2) is 12.1 Å². The highest BCUT2D eigenvalue weighted by Gasteiger charge is 2.01. The van der Waals surface area contributed by atoms with Crippen molar-refractivity contribution in [3.8, 4) is 0 Å². The van der Waals surface area contributed by atoms with E-state index < -0.39 is 0 Å². The summed E-state index contributed by atoms with van der Waals surface area (Å²) in [6, 6.07) is 4.11. The van der Waals surface area contributed by atoms with E-state index in [9.17, 15) is 0 Å². The van der Waals surface area contributed by atoms with Crippen LogP contribution in [0.2, 0.25) is 0 Å². The molecule has 0 aliphatic rings. The Morgan fingerprint density at radius 3 is 2.62 bits per heavy atom. The molecule has 0 saturated heterocycles. The Labute approximate surface area is 79.6 Å². The average molecular weight is 179 g/mol. The quantitative estimate of drug-likeness (QED) is 0.755. The van der Waals surface area contributed by atoms with Crippen molar-refractivity contribution in [1.82, 2.24) is 4.98 Å². The summed E-state index contributed by atoms with van der Waals surface area (Å²) < 4.78 is 0. The number of nitrogens with two attached hydrogens (primary N) is 1. The highest BCUT2D eigenvalue weighted by atomic mass is 15.2. The van der Waals surface area contributed by atoms with Crippen molar-refractivity contribution in [2.45, 2.75) is 13.8 Å². The van der Waals surface area contributed by atoms with Crippen LogP contribution in [0.25, 0.3) is 0 Å². The van der Waals surface area contributed by atoms with Crippen LogP contribution in [0.5, 0.6) is 0 Å². The van der Waals surface area contributed by atoms with Gasteiger partial charge in [0.15, 0.2) is 0 Å². The Bertz CT molecular complexity index is 283. The van der Waals surface area contributed by atoms with Crippen LogP contribution in [0.4, 0.5) is 5.82 Å². The van der Waals surface area contributed by atoms with Gasteiger partial charge in [-0.05, 0) is 25.5 Å². The van der Waals surface area contributed by atoms with Crippen molar-refractivity contribution < 1.29 is 0 Å². The van der Waals surface area contributed by atoms with Crippen LogP contribution in [0.3, 0.4) is 0 Å². The molecule has 3 nitrogen and oxygen atoms in total. The number of aromatic nitrogens is 1. The molecule has 0 spiro atoms. The third kappa shape index (κ3) is 2.42. The summed E-state index contributed by atoms with van der Waals surface area (Å²) in [5, 5.41) is 0. The average Bonchev–Trinajstić information content (AvgIpc) is 2.10. The van der Waals surface area contributed by atoms with Gasteiger partial charge in [-0.2, -0.15) is 0 Å². The first kappa shape index (κ1) is 9.99. The molecule has 1 aromatic heterocycles. The molecule has 1 rings (SSSR count). The topological polar surface area (TPSA) is 42.1 Å². The van der Waals surface area contributed by atoms with Crippen molar-refractivity contribution >= 4 is 5.82 Å². The number of rotatable bonds is 3. The lowest BCUT2D eigenvalue weighted by Crippen LogP contribution is -2.25. The van der Waals surface area contributed by atoms with Crippen LogP contribution in [0.1, 0.15) is 11.3 Å². The predicted octanol–water partition coefficient (Wildman–Crippen LogP) is 1.09. The molecule has 72 valence electrons. The normalized spacial score (nSPS) is 10.2. The number of pyridine rings is 1. The Morgan fingerprint density at radius 1 is 1.38 bits per heavy atom. The minimum Gasteiger partial charge on any atom is -0.358 e. The first-order valence-corrected chi connectivity index (χ1v) is 4.50. The number of hydrogen-bond donors (Lipinski definition) is 1. The first-order chi connectivity index (χ1) is 6.15. The molecule has 0 aliphatic carbocycles. The van der Waals surface area contributed by atoms with Gasteiger partial charge in [-0.3, -0.25) is 0 Å². The molecule has 0 radical (unpaired) electrons. The summed E-state index contributed by atoms with van der Waals surface area (Å²) >= 11 is 0. The van der Waals surface area contributed by atoms with E-state index in [1.165, 1.54) is 5.56 Å². The molecule has 3 heteroatoms. The third-order valence-electron chi connectivity index (χ3n) is 2.19. The molecule has 0 unspecified atom stereocenters. The molecule has 0 fully saturated rings. The fraction of sp³-hybridized carbons (Fsp3) is 0.500. The zero-order valence-corrected chi connectivity index (χ0v) is 8.54. The zero-order chi connectivity index (χ0) is 9.84. The monoisotopic (exact) mass is 179 g/mol.